The molecule has 0 heterocycles. The van der Waals surface area contributed by atoms with Crippen LogP contribution in [0.4, 0.5) is 4.39 Å². The third-order valence-electron chi connectivity index (χ3n) is 2.59. The highest BCUT2D eigenvalue weighted by molar-refractivity contribution is 6.31. The van der Waals surface area contributed by atoms with Crippen LogP contribution in [0.2, 0.25) is 5.02 Å². The molecule has 0 fully saturated rings. The molecule has 0 aliphatic heterocycles. The number of carbonyl (C=O) groups is 1. The summed E-state index contributed by atoms with van der Waals surface area (Å²) >= 11 is 5.91. The first-order valence-electron chi connectivity index (χ1n) is 5.24. The van der Waals surface area contributed by atoms with E-state index in [1.807, 2.05) is 0 Å². The van der Waals surface area contributed by atoms with Crippen molar-refractivity contribution in [2.75, 3.05) is 7.11 Å². The van der Waals surface area contributed by atoms with E-state index in [2.05, 4.69) is 0 Å². The second-order valence-corrected chi connectivity index (χ2v) is 4.13. The number of methoxy groups -OCH3 is 1. The molecule has 92 valence electrons. The van der Waals surface area contributed by atoms with Gasteiger partial charge in [-0.2, -0.15) is 0 Å². The first kappa shape index (κ1) is 12.6. The van der Waals surface area contributed by atoms with E-state index in [1.165, 1.54) is 25.3 Å². The monoisotopic (exact) mass is 264 g/mol. The van der Waals surface area contributed by atoms with Crippen molar-refractivity contribution in [1.29, 1.82) is 0 Å². The number of benzene rings is 2. The summed E-state index contributed by atoms with van der Waals surface area (Å²) in [6, 6.07) is 8.95. The summed E-state index contributed by atoms with van der Waals surface area (Å²) in [7, 11) is 1.49. The van der Waals surface area contributed by atoms with Crippen LogP contribution in [-0.2, 0) is 0 Å². The van der Waals surface area contributed by atoms with Crippen LogP contribution in [0.1, 0.15) is 10.4 Å². The van der Waals surface area contributed by atoms with Gasteiger partial charge in [0.15, 0.2) is 6.29 Å². The molecule has 0 aliphatic rings. The SMILES string of the molecule is COc1ccc(F)cc1-c1cc(Cl)ccc1C=O. The highest BCUT2D eigenvalue weighted by Crippen LogP contribution is 2.34. The van der Waals surface area contributed by atoms with E-state index in [1.54, 1.807) is 18.2 Å². The lowest BCUT2D eigenvalue weighted by Gasteiger charge is -2.11. The normalized spacial score (nSPS) is 10.2. The predicted octanol–water partition coefficient (Wildman–Crippen LogP) is 3.97. The minimum absolute atomic E-state index is 0.400. The number of hydrogen-bond donors (Lipinski definition) is 0. The van der Waals surface area contributed by atoms with Crippen LogP contribution in [0.15, 0.2) is 36.4 Å². The van der Waals surface area contributed by atoms with E-state index in [0.717, 1.165) is 0 Å². The lowest BCUT2D eigenvalue weighted by molar-refractivity contribution is 0.112. The van der Waals surface area contributed by atoms with Gasteiger partial charge in [-0.25, -0.2) is 4.39 Å². The van der Waals surface area contributed by atoms with E-state index in [0.29, 0.717) is 33.7 Å². The van der Waals surface area contributed by atoms with Crippen molar-refractivity contribution in [3.8, 4) is 16.9 Å². The Morgan fingerprint density at radius 2 is 1.94 bits per heavy atom. The van der Waals surface area contributed by atoms with Gasteiger partial charge in [0.05, 0.1) is 7.11 Å². The molecular formula is C14H10ClFO2. The minimum atomic E-state index is -0.400. The summed E-state index contributed by atoms with van der Waals surface area (Å²) < 4.78 is 18.5. The minimum Gasteiger partial charge on any atom is -0.496 e. The Morgan fingerprint density at radius 3 is 2.61 bits per heavy atom. The molecule has 0 N–H and O–H groups in total. The molecule has 0 spiro atoms. The Morgan fingerprint density at radius 1 is 1.17 bits per heavy atom. The predicted molar refractivity (Wildman–Crippen MR) is 68.8 cm³/mol. The Balaban J connectivity index is 2.70. The number of rotatable bonds is 3. The van der Waals surface area contributed by atoms with Gasteiger partial charge in [-0.1, -0.05) is 11.6 Å². The van der Waals surface area contributed by atoms with Gasteiger partial charge in [0, 0.05) is 16.1 Å². The van der Waals surface area contributed by atoms with E-state index < -0.39 is 5.82 Å². The summed E-state index contributed by atoms with van der Waals surface area (Å²) in [6.07, 6.45) is 0.704. The van der Waals surface area contributed by atoms with Crippen LogP contribution in [0.25, 0.3) is 11.1 Å². The summed E-state index contributed by atoms with van der Waals surface area (Å²) in [4.78, 5) is 11.0. The zero-order valence-electron chi connectivity index (χ0n) is 9.61. The number of carbonyl (C=O) groups excluding carboxylic acids is 1. The molecule has 4 heteroatoms. The van der Waals surface area contributed by atoms with Crippen molar-refractivity contribution >= 4 is 17.9 Å². The zero-order valence-corrected chi connectivity index (χ0v) is 10.4. The molecule has 0 unspecified atom stereocenters. The van der Waals surface area contributed by atoms with Crippen LogP contribution < -0.4 is 4.74 Å². The van der Waals surface area contributed by atoms with Gasteiger partial charge >= 0.3 is 0 Å². The highest BCUT2D eigenvalue weighted by atomic mass is 35.5. The van der Waals surface area contributed by atoms with E-state index in [-0.39, 0.29) is 0 Å². The largest absolute Gasteiger partial charge is 0.496 e. The lowest BCUT2D eigenvalue weighted by Crippen LogP contribution is -1.93. The molecule has 2 aromatic carbocycles. The Hall–Kier alpha value is -1.87. The van der Waals surface area contributed by atoms with Crippen LogP contribution in [0.3, 0.4) is 0 Å². The highest BCUT2D eigenvalue weighted by Gasteiger charge is 2.12. The van der Waals surface area contributed by atoms with Crippen LogP contribution in [0.5, 0.6) is 5.75 Å². The molecule has 2 rings (SSSR count). The Labute approximate surface area is 109 Å². The summed E-state index contributed by atoms with van der Waals surface area (Å²) in [5, 5.41) is 0.474. The van der Waals surface area contributed by atoms with Gasteiger partial charge in [0.2, 0.25) is 0 Å². The Bertz CT molecular complexity index is 596. The fraction of sp³-hybridized carbons (Fsp3) is 0.0714. The van der Waals surface area contributed by atoms with Crippen molar-refractivity contribution in [1.82, 2.24) is 0 Å². The molecule has 2 aromatic rings. The second kappa shape index (κ2) is 5.19. The average molecular weight is 265 g/mol. The molecule has 0 aromatic heterocycles. The molecule has 0 saturated carbocycles. The van der Waals surface area contributed by atoms with Gasteiger partial charge in [0.1, 0.15) is 11.6 Å². The van der Waals surface area contributed by atoms with Gasteiger partial charge in [-0.3, -0.25) is 4.79 Å². The first-order chi connectivity index (χ1) is 8.65. The third-order valence-corrected chi connectivity index (χ3v) is 2.83. The maximum absolute atomic E-state index is 13.3. The van der Waals surface area contributed by atoms with Gasteiger partial charge in [-0.05, 0) is 42.0 Å². The summed E-state index contributed by atoms with van der Waals surface area (Å²) in [5.41, 5.74) is 1.49. The Kier molecular flexibility index (Phi) is 3.63. The maximum atomic E-state index is 13.3. The van der Waals surface area contributed by atoms with Crippen molar-refractivity contribution in [3.05, 3.63) is 52.8 Å². The van der Waals surface area contributed by atoms with E-state index in [4.69, 9.17) is 16.3 Å². The zero-order chi connectivity index (χ0) is 13.1. The molecule has 0 radical (unpaired) electrons. The van der Waals surface area contributed by atoms with Crippen LogP contribution in [0, 0.1) is 5.82 Å². The van der Waals surface area contributed by atoms with Crippen LogP contribution >= 0.6 is 11.6 Å². The van der Waals surface area contributed by atoms with Crippen molar-refractivity contribution in [2.45, 2.75) is 0 Å². The van der Waals surface area contributed by atoms with E-state index in [9.17, 15) is 9.18 Å². The molecule has 0 saturated heterocycles. The topological polar surface area (TPSA) is 26.3 Å². The maximum Gasteiger partial charge on any atom is 0.150 e. The molecule has 2 nitrogen and oxygen atoms in total. The number of ether oxygens (including phenoxy) is 1. The molecule has 0 aliphatic carbocycles. The molecular weight excluding hydrogens is 255 g/mol. The molecule has 0 amide bonds. The number of aldehydes is 1. The van der Waals surface area contributed by atoms with Gasteiger partial charge in [0.25, 0.3) is 0 Å². The summed E-state index contributed by atoms with van der Waals surface area (Å²) in [5.74, 6) is 0.0874. The van der Waals surface area contributed by atoms with Gasteiger partial charge in [-0.15, -0.1) is 0 Å². The first-order valence-corrected chi connectivity index (χ1v) is 5.62. The lowest BCUT2D eigenvalue weighted by atomic mass is 9.99. The second-order valence-electron chi connectivity index (χ2n) is 3.69. The van der Waals surface area contributed by atoms with Crippen molar-refractivity contribution in [3.63, 3.8) is 0 Å². The van der Waals surface area contributed by atoms with E-state index >= 15 is 0 Å². The molecule has 18 heavy (non-hydrogen) atoms. The summed E-state index contributed by atoms with van der Waals surface area (Å²) in [6.45, 7) is 0. The smallest absolute Gasteiger partial charge is 0.150 e. The van der Waals surface area contributed by atoms with Gasteiger partial charge < -0.3 is 4.74 Å². The standard InChI is InChI=1S/C14H10ClFO2/c1-18-14-5-4-11(16)7-13(14)12-6-10(15)3-2-9(12)8-17/h2-8H,1H3. The molecule has 0 atom stereocenters. The third kappa shape index (κ3) is 2.36. The average Bonchev–Trinajstić information content (AvgIpc) is 2.38. The molecule has 0 bridgehead atoms. The van der Waals surface area contributed by atoms with Crippen molar-refractivity contribution in [2.24, 2.45) is 0 Å². The quantitative estimate of drug-likeness (QED) is 0.784. The fourth-order valence-electron chi connectivity index (χ4n) is 1.76. The number of halogens is 2. The van der Waals surface area contributed by atoms with Crippen molar-refractivity contribution < 1.29 is 13.9 Å². The van der Waals surface area contributed by atoms with Crippen LogP contribution in [-0.4, -0.2) is 13.4 Å². The number of hydrogen-bond acceptors (Lipinski definition) is 2. The fourth-order valence-corrected chi connectivity index (χ4v) is 1.93.